The van der Waals surface area contributed by atoms with Crippen LogP contribution in [0.2, 0.25) is 0 Å². The molecule has 132 valence electrons. The molecule has 1 heterocycles. The molecule has 2 saturated carbocycles. The van der Waals surface area contributed by atoms with Gasteiger partial charge in [0, 0.05) is 5.41 Å². The van der Waals surface area contributed by atoms with Gasteiger partial charge in [-0.25, -0.2) is 0 Å². The molecule has 1 N–H and O–H groups in total. The minimum Gasteiger partial charge on any atom is -0.462 e. The number of rotatable bonds is 0. The average molecular weight is 332 g/mol. The Morgan fingerprint density at radius 3 is 2.50 bits per heavy atom. The predicted molar refractivity (Wildman–Crippen MR) is 89.1 cm³/mol. The number of ketones is 1. The number of hydrogen-bond donors (Lipinski definition) is 1. The molecular formula is C20H28O4. The summed E-state index contributed by atoms with van der Waals surface area (Å²) in [5.74, 6) is -0.984. The highest BCUT2D eigenvalue weighted by Gasteiger charge is 2.68. The lowest BCUT2D eigenvalue weighted by Gasteiger charge is -2.62. The number of cyclic esters (lactones) is 1. The zero-order valence-electron chi connectivity index (χ0n) is 15.1. The van der Waals surface area contributed by atoms with Gasteiger partial charge in [-0.2, -0.15) is 0 Å². The van der Waals surface area contributed by atoms with Crippen LogP contribution in [0, 0.1) is 28.1 Å². The first-order valence-electron chi connectivity index (χ1n) is 9.22. The van der Waals surface area contributed by atoms with Crippen molar-refractivity contribution in [2.45, 2.75) is 65.4 Å². The molecule has 3 aliphatic carbocycles. The second-order valence-corrected chi connectivity index (χ2v) is 9.66. The summed E-state index contributed by atoms with van der Waals surface area (Å²) in [5.41, 5.74) is -0.883. The lowest BCUT2D eigenvalue weighted by atomic mass is 9.41. The largest absolute Gasteiger partial charge is 0.462 e. The van der Waals surface area contributed by atoms with E-state index in [0.29, 0.717) is 5.92 Å². The fraction of sp³-hybridized carbons (Fsp3) is 0.800. The summed E-state index contributed by atoms with van der Waals surface area (Å²) in [6.45, 7) is 8.82. The van der Waals surface area contributed by atoms with Crippen LogP contribution in [0.5, 0.6) is 0 Å². The standard InChI is InChI=1S/C20H28O4/c1-17(2)7-5-8-18(3)12(17)6-9-19(4)13(18)10-14(21)20(23)11-24-16(22)15(19)20/h10,12,15,23H,5-9,11H2,1-4H3/t12-,15-,18-,19+,20-/m0/s1. The van der Waals surface area contributed by atoms with Crippen LogP contribution in [0.4, 0.5) is 0 Å². The maximum Gasteiger partial charge on any atom is 0.313 e. The van der Waals surface area contributed by atoms with E-state index in [1.165, 1.54) is 6.42 Å². The molecule has 1 aliphatic heterocycles. The topological polar surface area (TPSA) is 63.6 Å². The van der Waals surface area contributed by atoms with Gasteiger partial charge < -0.3 is 9.84 Å². The third kappa shape index (κ3) is 1.73. The molecule has 1 saturated heterocycles. The van der Waals surface area contributed by atoms with Gasteiger partial charge in [-0.15, -0.1) is 0 Å². The van der Waals surface area contributed by atoms with Crippen LogP contribution in [0.15, 0.2) is 11.6 Å². The maximum absolute atomic E-state index is 12.8. The quantitative estimate of drug-likeness (QED) is 0.693. The molecule has 0 bridgehead atoms. The zero-order valence-corrected chi connectivity index (χ0v) is 15.1. The number of carbonyl (C=O) groups excluding carboxylic acids is 2. The number of ether oxygens (including phenoxy) is 1. The Morgan fingerprint density at radius 1 is 1.08 bits per heavy atom. The Morgan fingerprint density at radius 2 is 1.79 bits per heavy atom. The van der Waals surface area contributed by atoms with Crippen LogP contribution in [0.1, 0.15) is 59.8 Å². The van der Waals surface area contributed by atoms with Crippen molar-refractivity contribution < 1.29 is 19.4 Å². The molecule has 0 aromatic heterocycles. The zero-order chi connectivity index (χ0) is 17.5. The lowest BCUT2D eigenvalue weighted by Crippen LogP contribution is -2.61. The molecule has 0 aromatic rings. The van der Waals surface area contributed by atoms with Gasteiger partial charge in [0.1, 0.15) is 12.5 Å². The molecule has 0 radical (unpaired) electrons. The summed E-state index contributed by atoms with van der Waals surface area (Å²) in [6.07, 6.45) is 6.95. The van der Waals surface area contributed by atoms with E-state index in [1.807, 2.05) is 0 Å². The number of hydrogen-bond acceptors (Lipinski definition) is 4. The van der Waals surface area contributed by atoms with Gasteiger partial charge in [0.15, 0.2) is 11.4 Å². The van der Waals surface area contributed by atoms with Crippen LogP contribution in [0.3, 0.4) is 0 Å². The third-order valence-electron chi connectivity index (χ3n) is 7.90. The average Bonchev–Trinajstić information content (AvgIpc) is 2.79. The molecular weight excluding hydrogens is 304 g/mol. The van der Waals surface area contributed by atoms with Crippen molar-refractivity contribution in [3.05, 3.63) is 11.6 Å². The monoisotopic (exact) mass is 332 g/mol. The number of fused-ring (bicyclic) bond motifs is 5. The van der Waals surface area contributed by atoms with Crippen LogP contribution < -0.4 is 0 Å². The van der Waals surface area contributed by atoms with E-state index in [2.05, 4.69) is 27.7 Å². The normalized spacial score (nSPS) is 49.6. The second-order valence-electron chi connectivity index (χ2n) is 9.66. The van der Waals surface area contributed by atoms with Gasteiger partial charge in [0.25, 0.3) is 0 Å². The summed E-state index contributed by atoms with van der Waals surface area (Å²) >= 11 is 0. The van der Waals surface area contributed by atoms with E-state index in [9.17, 15) is 14.7 Å². The Balaban J connectivity index is 1.89. The van der Waals surface area contributed by atoms with Crippen LogP contribution in [-0.4, -0.2) is 29.1 Å². The van der Waals surface area contributed by atoms with E-state index in [-0.39, 0.29) is 23.2 Å². The number of aliphatic hydroxyl groups is 1. The van der Waals surface area contributed by atoms with Crippen molar-refractivity contribution in [2.24, 2.45) is 28.1 Å². The number of allylic oxidation sites excluding steroid dienone is 1. The highest BCUT2D eigenvalue weighted by atomic mass is 16.6. The fourth-order valence-corrected chi connectivity index (χ4v) is 6.81. The fourth-order valence-electron chi connectivity index (χ4n) is 6.81. The first-order valence-corrected chi connectivity index (χ1v) is 9.22. The molecule has 4 rings (SSSR count). The van der Waals surface area contributed by atoms with Crippen LogP contribution in [-0.2, 0) is 14.3 Å². The summed E-state index contributed by atoms with van der Waals surface area (Å²) in [6, 6.07) is 0. The van der Waals surface area contributed by atoms with E-state index < -0.39 is 22.9 Å². The molecule has 0 amide bonds. The second kappa shape index (κ2) is 4.51. The summed E-state index contributed by atoms with van der Waals surface area (Å²) in [4.78, 5) is 25.2. The van der Waals surface area contributed by atoms with Gasteiger partial charge in [0.2, 0.25) is 0 Å². The van der Waals surface area contributed by atoms with Gasteiger partial charge >= 0.3 is 5.97 Å². The Labute approximate surface area is 143 Å². The van der Waals surface area contributed by atoms with Gasteiger partial charge in [-0.1, -0.05) is 39.7 Å². The minimum atomic E-state index is -1.66. The van der Waals surface area contributed by atoms with E-state index in [4.69, 9.17) is 4.74 Å². The van der Waals surface area contributed by atoms with Gasteiger partial charge in [-0.3, -0.25) is 9.59 Å². The summed E-state index contributed by atoms with van der Waals surface area (Å²) < 4.78 is 5.15. The highest BCUT2D eigenvalue weighted by molar-refractivity contribution is 6.04. The Bertz CT molecular complexity index is 663. The molecule has 3 fully saturated rings. The number of esters is 1. The molecule has 0 spiro atoms. The maximum atomic E-state index is 12.8. The van der Waals surface area contributed by atoms with E-state index in [1.54, 1.807) is 6.08 Å². The Kier molecular flexibility index (Phi) is 3.07. The van der Waals surface area contributed by atoms with Crippen LogP contribution >= 0.6 is 0 Å². The SMILES string of the molecule is CC1(C)CCC[C@]2(C)C3=CC(=O)[C@@]4(O)COC(=O)[C@H]4[C@]3(C)CC[C@@H]12. The van der Waals surface area contributed by atoms with Crippen molar-refractivity contribution >= 4 is 11.8 Å². The van der Waals surface area contributed by atoms with Gasteiger partial charge in [0.05, 0.1) is 0 Å². The predicted octanol–water partition coefficient (Wildman–Crippen LogP) is 3.03. The smallest absolute Gasteiger partial charge is 0.313 e. The van der Waals surface area contributed by atoms with E-state index >= 15 is 0 Å². The minimum absolute atomic E-state index is 0.0748. The van der Waals surface area contributed by atoms with Crippen molar-refractivity contribution in [3.8, 4) is 0 Å². The van der Waals surface area contributed by atoms with Gasteiger partial charge in [-0.05, 0) is 48.5 Å². The molecule has 0 aromatic carbocycles. The molecule has 4 heteroatoms. The highest BCUT2D eigenvalue weighted by Crippen LogP contribution is 2.68. The molecule has 0 unspecified atom stereocenters. The Hall–Kier alpha value is -1.16. The van der Waals surface area contributed by atoms with Crippen molar-refractivity contribution in [3.63, 3.8) is 0 Å². The molecule has 24 heavy (non-hydrogen) atoms. The summed E-state index contributed by atoms with van der Waals surface area (Å²) in [5, 5.41) is 10.9. The van der Waals surface area contributed by atoms with Crippen LogP contribution in [0.25, 0.3) is 0 Å². The first kappa shape index (κ1) is 16.3. The molecule has 5 atom stereocenters. The third-order valence-corrected chi connectivity index (χ3v) is 7.90. The van der Waals surface area contributed by atoms with Crippen molar-refractivity contribution in [1.29, 1.82) is 0 Å². The number of carbonyl (C=O) groups is 2. The first-order chi connectivity index (χ1) is 11.1. The molecule has 4 aliphatic rings. The summed E-state index contributed by atoms with van der Waals surface area (Å²) in [7, 11) is 0. The van der Waals surface area contributed by atoms with Crippen molar-refractivity contribution in [2.75, 3.05) is 6.61 Å². The van der Waals surface area contributed by atoms with E-state index in [0.717, 1.165) is 31.3 Å². The molecule has 4 nitrogen and oxygen atoms in total. The van der Waals surface area contributed by atoms with Crippen molar-refractivity contribution in [1.82, 2.24) is 0 Å². The lowest BCUT2D eigenvalue weighted by molar-refractivity contribution is -0.155.